The van der Waals surface area contributed by atoms with Gasteiger partial charge in [0.25, 0.3) is 0 Å². The first kappa shape index (κ1) is 13.9. The standard InChI is InChI=1S/C14H12F2N2O2/c1-2-20-13-5-9(15)3-4-10(13)11-6-14(18-8-19)17-7-12(11)16/h3-8H,2H2,1H3,(H,17,18,19). The number of hydrogen-bond donors (Lipinski definition) is 1. The van der Waals surface area contributed by atoms with Gasteiger partial charge >= 0.3 is 0 Å². The first-order valence-electron chi connectivity index (χ1n) is 5.94. The fraction of sp³-hybridized carbons (Fsp3) is 0.143. The zero-order chi connectivity index (χ0) is 14.5. The van der Waals surface area contributed by atoms with E-state index >= 15 is 0 Å². The highest BCUT2D eigenvalue weighted by Gasteiger charge is 2.13. The largest absolute Gasteiger partial charge is 0.493 e. The lowest BCUT2D eigenvalue weighted by Crippen LogP contribution is -2.00. The van der Waals surface area contributed by atoms with E-state index in [4.69, 9.17) is 4.74 Å². The molecule has 0 saturated heterocycles. The van der Waals surface area contributed by atoms with E-state index in [0.29, 0.717) is 18.6 Å². The molecule has 0 aliphatic heterocycles. The van der Waals surface area contributed by atoms with Crippen LogP contribution in [0.3, 0.4) is 0 Å². The first-order chi connectivity index (χ1) is 9.65. The summed E-state index contributed by atoms with van der Waals surface area (Å²) in [6.45, 7) is 2.07. The molecule has 0 saturated carbocycles. The van der Waals surface area contributed by atoms with Crippen molar-refractivity contribution in [1.29, 1.82) is 0 Å². The smallest absolute Gasteiger partial charge is 0.212 e. The molecule has 0 spiro atoms. The molecule has 0 aliphatic rings. The quantitative estimate of drug-likeness (QED) is 0.855. The predicted molar refractivity (Wildman–Crippen MR) is 70.4 cm³/mol. The Morgan fingerprint density at radius 2 is 2.10 bits per heavy atom. The fourth-order valence-electron chi connectivity index (χ4n) is 1.78. The monoisotopic (exact) mass is 278 g/mol. The zero-order valence-electron chi connectivity index (χ0n) is 10.7. The van der Waals surface area contributed by atoms with Crippen LogP contribution in [-0.4, -0.2) is 18.0 Å². The van der Waals surface area contributed by atoms with Gasteiger partial charge in [0.1, 0.15) is 23.2 Å². The van der Waals surface area contributed by atoms with Gasteiger partial charge in [-0.25, -0.2) is 13.8 Å². The van der Waals surface area contributed by atoms with Crippen molar-refractivity contribution >= 4 is 12.2 Å². The van der Waals surface area contributed by atoms with Crippen molar-refractivity contribution in [2.24, 2.45) is 0 Å². The molecule has 0 fully saturated rings. The molecule has 0 aliphatic carbocycles. The number of carbonyl (C=O) groups excluding carboxylic acids is 1. The number of anilines is 1. The molecule has 0 unspecified atom stereocenters. The number of halogens is 2. The van der Waals surface area contributed by atoms with Crippen molar-refractivity contribution in [1.82, 2.24) is 4.98 Å². The molecule has 2 aromatic rings. The zero-order valence-corrected chi connectivity index (χ0v) is 10.7. The van der Waals surface area contributed by atoms with E-state index in [2.05, 4.69) is 10.3 Å². The minimum Gasteiger partial charge on any atom is -0.493 e. The van der Waals surface area contributed by atoms with Gasteiger partial charge in [0.05, 0.1) is 12.8 Å². The lowest BCUT2D eigenvalue weighted by atomic mass is 10.0. The van der Waals surface area contributed by atoms with Gasteiger partial charge in [0.2, 0.25) is 6.41 Å². The summed E-state index contributed by atoms with van der Waals surface area (Å²) >= 11 is 0. The Labute approximate surface area is 114 Å². The number of benzene rings is 1. The number of ether oxygens (including phenoxy) is 1. The molecule has 104 valence electrons. The van der Waals surface area contributed by atoms with Crippen molar-refractivity contribution in [3.05, 3.63) is 42.1 Å². The van der Waals surface area contributed by atoms with E-state index in [-0.39, 0.29) is 17.1 Å². The lowest BCUT2D eigenvalue weighted by Gasteiger charge is -2.12. The molecular formula is C14H12F2N2O2. The van der Waals surface area contributed by atoms with Gasteiger partial charge < -0.3 is 10.1 Å². The third kappa shape index (κ3) is 2.90. The highest BCUT2D eigenvalue weighted by molar-refractivity contribution is 5.76. The molecular weight excluding hydrogens is 266 g/mol. The van der Waals surface area contributed by atoms with Crippen molar-refractivity contribution in [2.75, 3.05) is 11.9 Å². The van der Waals surface area contributed by atoms with E-state index in [1.807, 2.05) is 0 Å². The van der Waals surface area contributed by atoms with Crippen LogP contribution in [0.5, 0.6) is 5.75 Å². The maximum atomic E-state index is 13.9. The average molecular weight is 278 g/mol. The van der Waals surface area contributed by atoms with Crippen LogP contribution in [-0.2, 0) is 4.79 Å². The Morgan fingerprint density at radius 1 is 1.30 bits per heavy atom. The molecule has 2 rings (SSSR count). The van der Waals surface area contributed by atoms with Gasteiger partial charge in [-0.05, 0) is 25.1 Å². The Bertz CT molecular complexity index is 633. The van der Waals surface area contributed by atoms with E-state index in [9.17, 15) is 13.6 Å². The molecule has 20 heavy (non-hydrogen) atoms. The molecule has 0 atom stereocenters. The summed E-state index contributed by atoms with van der Waals surface area (Å²) in [7, 11) is 0. The van der Waals surface area contributed by atoms with Gasteiger partial charge in [-0.3, -0.25) is 4.79 Å². The van der Waals surface area contributed by atoms with Crippen molar-refractivity contribution < 1.29 is 18.3 Å². The van der Waals surface area contributed by atoms with E-state index in [1.165, 1.54) is 24.3 Å². The van der Waals surface area contributed by atoms with Gasteiger partial charge in [-0.2, -0.15) is 0 Å². The summed E-state index contributed by atoms with van der Waals surface area (Å²) in [5.74, 6) is -0.634. The number of nitrogens with zero attached hydrogens (tertiary/aromatic N) is 1. The fourth-order valence-corrected chi connectivity index (χ4v) is 1.78. The topological polar surface area (TPSA) is 51.2 Å². The van der Waals surface area contributed by atoms with Gasteiger partial charge in [0, 0.05) is 17.2 Å². The highest BCUT2D eigenvalue weighted by atomic mass is 19.1. The summed E-state index contributed by atoms with van der Waals surface area (Å²) in [6, 6.07) is 5.18. The minimum atomic E-state index is -0.589. The Balaban J connectivity index is 2.54. The number of amides is 1. The van der Waals surface area contributed by atoms with Crippen LogP contribution in [0.2, 0.25) is 0 Å². The maximum absolute atomic E-state index is 13.9. The van der Waals surface area contributed by atoms with Crippen LogP contribution in [0.25, 0.3) is 11.1 Å². The molecule has 1 aromatic heterocycles. The highest BCUT2D eigenvalue weighted by Crippen LogP contribution is 2.33. The van der Waals surface area contributed by atoms with Crippen molar-refractivity contribution in [3.63, 3.8) is 0 Å². The summed E-state index contributed by atoms with van der Waals surface area (Å²) in [6.07, 6.45) is 1.43. The average Bonchev–Trinajstić information content (AvgIpc) is 2.42. The molecule has 0 radical (unpaired) electrons. The maximum Gasteiger partial charge on any atom is 0.212 e. The second-order valence-corrected chi connectivity index (χ2v) is 3.89. The van der Waals surface area contributed by atoms with E-state index in [1.54, 1.807) is 6.92 Å². The van der Waals surface area contributed by atoms with Crippen LogP contribution in [0.1, 0.15) is 6.92 Å². The normalized spacial score (nSPS) is 10.2. The van der Waals surface area contributed by atoms with Gasteiger partial charge in [-0.15, -0.1) is 0 Å². The SMILES string of the molecule is CCOc1cc(F)ccc1-c1cc(NC=O)ncc1F. The number of pyridine rings is 1. The Kier molecular flexibility index (Phi) is 4.24. The summed E-state index contributed by atoms with van der Waals surface area (Å²) in [5, 5.41) is 2.33. The lowest BCUT2D eigenvalue weighted by molar-refractivity contribution is -0.105. The van der Waals surface area contributed by atoms with Crippen molar-refractivity contribution in [2.45, 2.75) is 6.92 Å². The minimum absolute atomic E-state index is 0.174. The summed E-state index contributed by atoms with van der Waals surface area (Å²) < 4.78 is 32.4. The third-order valence-corrected chi connectivity index (χ3v) is 2.60. The van der Waals surface area contributed by atoms with Crippen LogP contribution < -0.4 is 10.1 Å². The number of aromatic nitrogens is 1. The number of hydrogen-bond acceptors (Lipinski definition) is 3. The Morgan fingerprint density at radius 3 is 2.80 bits per heavy atom. The molecule has 1 heterocycles. The van der Waals surface area contributed by atoms with Crippen LogP contribution in [0.15, 0.2) is 30.5 Å². The molecule has 1 amide bonds. The third-order valence-electron chi connectivity index (χ3n) is 2.60. The number of rotatable bonds is 5. The second kappa shape index (κ2) is 6.10. The predicted octanol–water partition coefficient (Wildman–Crippen LogP) is 2.99. The van der Waals surface area contributed by atoms with Crippen LogP contribution >= 0.6 is 0 Å². The van der Waals surface area contributed by atoms with Crippen LogP contribution in [0, 0.1) is 11.6 Å². The molecule has 1 aromatic carbocycles. The van der Waals surface area contributed by atoms with Crippen LogP contribution in [0.4, 0.5) is 14.6 Å². The molecule has 1 N–H and O–H groups in total. The van der Waals surface area contributed by atoms with Gasteiger partial charge in [0.15, 0.2) is 0 Å². The summed E-state index contributed by atoms with van der Waals surface area (Å²) in [5.41, 5.74) is 0.565. The van der Waals surface area contributed by atoms with E-state index < -0.39 is 11.6 Å². The Hall–Kier alpha value is -2.50. The van der Waals surface area contributed by atoms with Crippen molar-refractivity contribution in [3.8, 4) is 16.9 Å². The molecule has 6 heteroatoms. The second-order valence-electron chi connectivity index (χ2n) is 3.89. The molecule has 0 bridgehead atoms. The van der Waals surface area contributed by atoms with E-state index in [0.717, 1.165) is 6.20 Å². The molecule has 4 nitrogen and oxygen atoms in total. The first-order valence-corrected chi connectivity index (χ1v) is 5.94. The number of carbonyl (C=O) groups is 1. The summed E-state index contributed by atoms with van der Waals surface area (Å²) in [4.78, 5) is 14.1. The number of nitrogens with one attached hydrogen (secondary N) is 1. The van der Waals surface area contributed by atoms with Gasteiger partial charge in [-0.1, -0.05) is 0 Å².